The lowest BCUT2D eigenvalue weighted by Crippen LogP contribution is -1.98. The number of nitrogens with one attached hydrogen (secondary N) is 1. The zero-order valence-electron chi connectivity index (χ0n) is 9.27. The summed E-state index contributed by atoms with van der Waals surface area (Å²) < 4.78 is 6.12. The summed E-state index contributed by atoms with van der Waals surface area (Å²) in [5.41, 5.74) is 7.42. The maximum Gasteiger partial charge on any atom is 0.147 e. The molecule has 0 saturated heterocycles. The first-order chi connectivity index (χ1) is 8.19. The van der Waals surface area contributed by atoms with E-state index in [0.29, 0.717) is 5.82 Å². The first-order valence-corrected chi connectivity index (χ1v) is 5.80. The molecule has 88 valence electrons. The summed E-state index contributed by atoms with van der Waals surface area (Å²) in [4.78, 5) is 4.01. The zero-order chi connectivity index (χ0) is 12.3. The SMILES string of the molecule is COc1cc(Br)cc(Nc2cccnc2N)c1. The second kappa shape index (κ2) is 5.05. The molecule has 0 fully saturated rings. The molecule has 0 aliphatic rings. The Kier molecular flexibility index (Phi) is 3.49. The topological polar surface area (TPSA) is 60.2 Å². The average molecular weight is 294 g/mol. The van der Waals surface area contributed by atoms with Crippen LogP contribution < -0.4 is 15.8 Å². The Hall–Kier alpha value is -1.75. The van der Waals surface area contributed by atoms with Gasteiger partial charge < -0.3 is 15.8 Å². The molecule has 0 spiro atoms. The molecule has 3 N–H and O–H groups in total. The van der Waals surface area contributed by atoms with Gasteiger partial charge in [0.05, 0.1) is 12.8 Å². The first-order valence-electron chi connectivity index (χ1n) is 5.01. The molecular formula is C12H12BrN3O. The third-order valence-corrected chi connectivity index (χ3v) is 2.68. The second-order valence-corrected chi connectivity index (χ2v) is 4.36. The molecule has 0 saturated carbocycles. The fourth-order valence-electron chi connectivity index (χ4n) is 1.43. The summed E-state index contributed by atoms with van der Waals surface area (Å²) >= 11 is 3.42. The van der Waals surface area contributed by atoms with Crippen LogP contribution in [-0.4, -0.2) is 12.1 Å². The van der Waals surface area contributed by atoms with Gasteiger partial charge in [-0.3, -0.25) is 0 Å². The Morgan fingerprint density at radius 1 is 1.35 bits per heavy atom. The smallest absolute Gasteiger partial charge is 0.147 e. The molecule has 5 heteroatoms. The van der Waals surface area contributed by atoms with Crippen LogP contribution in [0.5, 0.6) is 5.75 Å². The Labute approximate surface area is 108 Å². The molecule has 0 unspecified atom stereocenters. The van der Waals surface area contributed by atoms with Gasteiger partial charge in [-0.2, -0.15) is 0 Å². The number of halogens is 1. The Bertz CT molecular complexity index is 531. The van der Waals surface area contributed by atoms with Crippen molar-refractivity contribution in [2.75, 3.05) is 18.2 Å². The number of anilines is 3. The van der Waals surface area contributed by atoms with Crippen LogP contribution in [0.1, 0.15) is 0 Å². The minimum Gasteiger partial charge on any atom is -0.497 e. The van der Waals surface area contributed by atoms with Crippen molar-refractivity contribution in [3.05, 3.63) is 41.0 Å². The van der Waals surface area contributed by atoms with Gasteiger partial charge in [0.15, 0.2) is 0 Å². The predicted octanol–water partition coefficient (Wildman–Crippen LogP) is 3.18. The lowest BCUT2D eigenvalue weighted by molar-refractivity contribution is 0.415. The van der Waals surface area contributed by atoms with Crippen LogP contribution in [0.4, 0.5) is 17.2 Å². The molecular weight excluding hydrogens is 282 g/mol. The minimum absolute atomic E-state index is 0.464. The maximum absolute atomic E-state index is 5.76. The molecule has 0 bridgehead atoms. The normalized spacial score (nSPS) is 10.0. The number of aromatic nitrogens is 1. The maximum atomic E-state index is 5.76. The van der Waals surface area contributed by atoms with Crippen LogP contribution in [0.3, 0.4) is 0 Å². The predicted molar refractivity (Wildman–Crippen MR) is 72.6 cm³/mol. The summed E-state index contributed by atoms with van der Waals surface area (Å²) in [6, 6.07) is 9.41. The fourth-order valence-corrected chi connectivity index (χ4v) is 1.90. The molecule has 0 atom stereocenters. The van der Waals surface area contributed by atoms with Crippen LogP contribution in [-0.2, 0) is 0 Å². The van der Waals surface area contributed by atoms with E-state index in [4.69, 9.17) is 10.5 Å². The summed E-state index contributed by atoms with van der Waals surface area (Å²) in [6.45, 7) is 0. The second-order valence-electron chi connectivity index (χ2n) is 3.44. The fraction of sp³-hybridized carbons (Fsp3) is 0.0833. The van der Waals surface area contributed by atoms with Crippen LogP contribution in [0, 0.1) is 0 Å². The number of nitrogen functional groups attached to an aromatic ring is 1. The van der Waals surface area contributed by atoms with Gasteiger partial charge in [-0.25, -0.2) is 4.98 Å². The summed E-state index contributed by atoms with van der Waals surface area (Å²) in [6.07, 6.45) is 1.65. The van der Waals surface area contributed by atoms with E-state index < -0.39 is 0 Å². The van der Waals surface area contributed by atoms with Crippen molar-refractivity contribution in [3.63, 3.8) is 0 Å². The number of nitrogens with zero attached hydrogens (tertiary/aromatic N) is 1. The molecule has 1 aromatic carbocycles. The highest BCUT2D eigenvalue weighted by molar-refractivity contribution is 9.10. The molecule has 1 heterocycles. The third-order valence-electron chi connectivity index (χ3n) is 2.22. The number of hydrogen-bond acceptors (Lipinski definition) is 4. The largest absolute Gasteiger partial charge is 0.497 e. The quantitative estimate of drug-likeness (QED) is 0.912. The summed E-state index contributed by atoms with van der Waals surface area (Å²) in [7, 11) is 1.63. The van der Waals surface area contributed by atoms with Gasteiger partial charge in [-0.05, 0) is 24.3 Å². The van der Waals surface area contributed by atoms with Gasteiger partial charge >= 0.3 is 0 Å². The average Bonchev–Trinajstić information content (AvgIpc) is 2.31. The van der Waals surface area contributed by atoms with Crippen molar-refractivity contribution in [2.24, 2.45) is 0 Å². The Morgan fingerprint density at radius 3 is 2.88 bits per heavy atom. The lowest BCUT2D eigenvalue weighted by Gasteiger charge is -2.10. The van der Waals surface area contributed by atoms with Crippen LogP contribution in [0.15, 0.2) is 41.0 Å². The van der Waals surface area contributed by atoms with E-state index in [-0.39, 0.29) is 0 Å². The molecule has 0 aliphatic carbocycles. The van der Waals surface area contributed by atoms with Gasteiger partial charge in [0, 0.05) is 22.4 Å². The van der Waals surface area contributed by atoms with Crippen molar-refractivity contribution in [2.45, 2.75) is 0 Å². The van der Waals surface area contributed by atoms with E-state index in [0.717, 1.165) is 21.6 Å². The van der Waals surface area contributed by atoms with Crippen molar-refractivity contribution >= 4 is 33.1 Å². The van der Waals surface area contributed by atoms with Crippen LogP contribution >= 0.6 is 15.9 Å². The van der Waals surface area contributed by atoms with E-state index in [2.05, 4.69) is 26.2 Å². The highest BCUT2D eigenvalue weighted by Crippen LogP contribution is 2.28. The number of benzene rings is 1. The number of rotatable bonds is 3. The minimum atomic E-state index is 0.464. The Morgan fingerprint density at radius 2 is 2.18 bits per heavy atom. The zero-order valence-corrected chi connectivity index (χ0v) is 10.9. The molecule has 0 radical (unpaired) electrons. The van der Waals surface area contributed by atoms with Gasteiger partial charge in [0.25, 0.3) is 0 Å². The van der Waals surface area contributed by atoms with Gasteiger partial charge in [0.2, 0.25) is 0 Å². The lowest BCUT2D eigenvalue weighted by atomic mass is 10.3. The van der Waals surface area contributed by atoms with Crippen LogP contribution in [0.2, 0.25) is 0 Å². The van der Waals surface area contributed by atoms with Gasteiger partial charge in [0.1, 0.15) is 11.6 Å². The number of ether oxygens (including phenoxy) is 1. The molecule has 17 heavy (non-hydrogen) atoms. The van der Waals surface area contributed by atoms with E-state index in [1.54, 1.807) is 13.3 Å². The van der Waals surface area contributed by atoms with E-state index in [1.165, 1.54) is 0 Å². The number of nitrogens with two attached hydrogens (primary N) is 1. The molecule has 2 rings (SSSR count). The molecule has 0 aliphatic heterocycles. The third kappa shape index (κ3) is 2.88. The molecule has 0 amide bonds. The van der Waals surface area contributed by atoms with Crippen molar-refractivity contribution < 1.29 is 4.74 Å². The monoisotopic (exact) mass is 293 g/mol. The first kappa shape index (κ1) is 11.7. The van der Waals surface area contributed by atoms with Crippen LogP contribution in [0.25, 0.3) is 0 Å². The number of hydrogen-bond donors (Lipinski definition) is 2. The molecule has 4 nitrogen and oxygen atoms in total. The van der Waals surface area contributed by atoms with E-state index in [1.807, 2.05) is 30.3 Å². The van der Waals surface area contributed by atoms with Gasteiger partial charge in [-0.15, -0.1) is 0 Å². The molecule has 1 aromatic heterocycles. The van der Waals surface area contributed by atoms with Crippen molar-refractivity contribution in [1.82, 2.24) is 4.98 Å². The Balaban J connectivity index is 2.30. The number of pyridine rings is 1. The number of methoxy groups -OCH3 is 1. The van der Waals surface area contributed by atoms with E-state index >= 15 is 0 Å². The molecule has 2 aromatic rings. The van der Waals surface area contributed by atoms with Crippen molar-refractivity contribution in [1.29, 1.82) is 0 Å². The standard InChI is InChI=1S/C12H12BrN3O/c1-17-10-6-8(13)5-9(7-10)16-11-3-2-4-15-12(11)14/h2-7,16H,1H3,(H2,14,15). The summed E-state index contributed by atoms with van der Waals surface area (Å²) in [5, 5.41) is 3.19. The van der Waals surface area contributed by atoms with Crippen molar-refractivity contribution in [3.8, 4) is 5.75 Å². The highest BCUT2D eigenvalue weighted by atomic mass is 79.9. The van der Waals surface area contributed by atoms with E-state index in [9.17, 15) is 0 Å². The highest BCUT2D eigenvalue weighted by Gasteiger charge is 2.02. The van der Waals surface area contributed by atoms with Gasteiger partial charge in [-0.1, -0.05) is 15.9 Å². The summed E-state index contributed by atoms with van der Waals surface area (Å²) in [5.74, 6) is 1.23.